The first kappa shape index (κ1) is 14.5. The number of aryl methyl sites for hydroxylation is 1. The van der Waals surface area contributed by atoms with Crippen LogP contribution in [0.1, 0.15) is 29.9 Å². The van der Waals surface area contributed by atoms with E-state index in [0.717, 1.165) is 15.9 Å². The lowest BCUT2D eigenvalue weighted by molar-refractivity contribution is 0.372. The third-order valence-corrected chi connectivity index (χ3v) is 4.94. The predicted octanol–water partition coefficient (Wildman–Crippen LogP) is 5.12. The van der Waals surface area contributed by atoms with Crippen LogP contribution in [0.5, 0.6) is 5.75 Å². The summed E-state index contributed by atoms with van der Waals surface area (Å²) < 4.78 is 6.33. The van der Waals surface area contributed by atoms with E-state index in [1.165, 1.54) is 24.0 Å². The Labute approximate surface area is 134 Å². The summed E-state index contributed by atoms with van der Waals surface area (Å²) in [6.45, 7) is 2.20. The molecule has 110 valence electrons. The minimum absolute atomic E-state index is 0.556. The van der Waals surface area contributed by atoms with Gasteiger partial charge in [0.25, 0.3) is 0 Å². The third-order valence-electron chi connectivity index (χ3n) is 4.29. The van der Waals surface area contributed by atoms with E-state index in [1.807, 2.05) is 12.1 Å². The molecule has 0 saturated heterocycles. The highest BCUT2D eigenvalue weighted by Crippen LogP contribution is 2.40. The van der Waals surface area contributed by atoms with Gasteiger partial charge < -0.3 is 10.1 Å². The standard InChI is InChI=1S/C18H20BrNO/c1-12-5-3-4-6-16(12)13-9-15(10-13)20-14-7-8-17(19)18(11-14)21-2/h3-8,11,13,15,20H,9-10H2,1-2H3. The highest BCUT2D eigenvalue weighted by molar-refractivity contribution is 9.10. The van der Waals surface area contributed by atoms with Crippen molar-refractivity contribution in [2.45, 2.75) is 31.7 Å². The van der Waals surface area contributed by atoms with Crippen LogP contribution in [-0.4, -0.2) is 13.2 Å². The number of anilines is 1. The van der Waals surface area contributed by atoms with Crippen LogP contribution in [-0.2, 0) is 0 Å². The second kappa shape index (κ2) is 6.10. The van der Waals surface area contributed by atoms with Gasteiger partial charge in [-0.2, -0.15) is 0 Å². The number of nitrogens with one attached hydrogen (secondary N) is 1. The van der Waals surface area contributed by atoms with Crippen molar-refractivity contribution in [1.82, 2.24) is 0 Å². The molecule has 2 aromatic rings. The second-order valence-corrected chi connectivity index (χ2v) is 6.57. The highest BCUT2D eigenvalue weighted by atomic mass is 79.9. The van der Waals surface area contributed by atoms with Gasteiger partial charge in [0, 0.05) is 17.8 Å². The Kier molecular flexibility index (Phi) is 4.20. The Hall–Kier alpha value is -1.48. The zero-order valence-corrected chi connectivity index (χ0v) is 14.0. The van der Waals surface area contributed by atoms with Crippen LogP contribution >= 0.6 is 15.9 Å². The van der Waals surface area contributed by atoms with E-state index in [2.05, 4.69) is 58.5 Å². The van der Waals surface area contributed by atoms with Gasteiger partial charge in [-0.05, 0) is 64.9 Å². The maximum atomic E-state index is 5.34. The predicted molar refractivity (Wildman–Crippen MR) is 91.3 cm³/mol. The molecule has 1 aliphatic carbocycles. The zero-order chi connectivity index (χ0) is 14.8. The molecule has 0 spiro atoms. The fourth-order valence-electron chi connectivity index (χ4n) is 3.02. The van der Waals surface area contributed by atoms with Gasteiger partial charge in [0.05, 0.1) is 11.6 Å². The number of methoxy groups -OCH3 is 1. The normalized spacial score (nSPS) is 20.7. The Bertz CT molecular complexity index is 635. The van der Waals surface area contributed by atoms with Gasteiger partial charge in [-0.15, -0.1) is 0 Å². The quantitative estimate of drug-likeness (QED) is 0.829. The molecule has 21 heavy (non-hydrogen) atoms. The first-order chi connectivity index (χ1) is 10.2. The Morgan fingerprint density at radius 1 is 1.14 bits per heavy atom. The summed E-state index contributed by atoms with van der Waals surface area (Å²) in [7, 11) is 1.70. The Morgan fingerprint density at radius 2 is 1.90 bits per heavy atom. The molecule has 0 bridgehead atoms. The molecular weight excluding hydrogens is 326 g/mol. The monoisotopic (exact) mass is 345 g/mol. The molecule has 1 N–H and O–H groups in total. The fourth-order valence-corrected chi connectivity index (χ4v) is 3.43. The molecule has 2 aromatic carbocycles. The lowest BCUT2D eigenvalue weighted by Crippen LogP contribution is -2.34. The highest BCUT2D eigenvalue weighted by Gasteiger charge is 2.30. The van der Waals surface area contributed by atoms with Gasteiger partial charge in [0.15, 0.2) is 0 Å². The van der Waals surface area contributed by atoms with Gasteiger partial charge in [-0.25, -0.2) is 0 Å². The van der Waals surface area contributed by atoms with Gasteiger partial charge in [-0.1, -0.05) is 24.3 Å². The SMILES string of the molecule is COc1cc(NC2CC(c3ccccc3C)C2)ccc1Br. The van der Waals surface area contributed by atoms with E-state index in [9.17, 15) is 0 Å². The molecule has 1 saturated carbocycles. The molecule has 0 aromatic heterocycles. The first-order valence-electron chi connectivity index (χ1n) is 7.33. The van der Waals surface area contributed by atoms with E-state index in [4.69, 9.17) is 4.74 Å². The van der Waals surface area contributed by atoms with Gasteiger partial charge in [0.2, 0.25) is 0 Å². The molecule has 2 nitrogen and oxygen atoms in total. The van der Waals surface area contributed by atoms with Gasteiger partial charge >= 0.3 is 0 Å². The van der Waals surface area contributed by atoms with Gasteiger partial charge in [0.1, 0.15) is 5.75 Å². The number of halogens is 1. The molecule has 3 rings (SSSR count). The molecule has 0 aliphatic heterocycles. The van der Waals surface area contributed by atoms with Crippen LogP contribution in [0.15, 0.2) is 46.9 Å². The smallest absolute Gasteiger partial charge is 0.135 e. The Morgan fingerprint density at radius 3 is 2.62 bits per heavy atom. The lowest BCUT2D eigenvalue weighted by atomic mass is 9.74. The maximum Gasteiger partial charge on any atom is 0.135 e. The van der Waals surface area contributed by atoms with Gasteiger partial charge in [-0.3, -0.25) is 0 Å². The number of ether oxygens (including phenoxy) is 1. The van der Waals surface area contributed by atoms with E-state index in [-0.39, 0.29) is 0 Å². The average molecular weight is 346 g/mol. The molecule has 0 amide bonds. The van der Waals surface area contributed by atoms with Crippen molar-refractivity contribution in [3.8, 4) is 5.75 Å². The second-order valence-electron chi connectivity index (χ2n) is 5.72. The van der Waals surface area contributed by atoms with Crippen LogP contribution in [0.25, 0.3) is 0 Å². The van der Waals surface area contributed by atoms with Crippen molar-refractivity contribution in [2.75, 3.05) is 12.4 Å². The molecule has 0 heterocycles. The minimum atomic E-state index is 0.556. The Balaban J connectivity index is 1.61. The minimum Gasteiger partial charge on any atom is -0.495 e. The summed E-state index contributed by atoms with van der Waals surface area (Å²) in [5.74, 6) is 1.57. The lowest BCUT2D eigenvalue weighted by Gasteiger charge is -2.37. The van der Waals surface area contributed by atoms with Crippen LogP contribution in [0, 0.1) is 6.92 Å². The van der Waals surface area contributed by atoms with Crippen LogP contribution < -0.4 is 10.1 Å². The number of hydrogen-bond donors (Lipinski definition) is 1. The van der Waals surface area contributed by atoms with Crippen molar-refractivity contribution in [3.63, 3.8) is 0 Å². The zero-order valence-electron chi connectivity index (χ0n) is 12.4. The molecule has 1 aliphatic rings. The van der Waals surface area contributed by atoms with Crippen LogP contribution in [0.2, 0.25) is 0 Å². The molecular formula is C18H20BrNO. The first-order valence-corrected chi connectivity index (χ1v) is 8.12. The summed E-state index contributed by atoms with van der Waals surface area (Å²) in [6, 6.07) is 15.4. The maximum absolute atomic E-state index is 5.34. The van der Waals surface area contributed by atoms with Crippen LogP contribution in [0.3, 0.4) is 0 Å². The van der Waals surface area contributed by atoms with E-state index in [0.29, 0.717) is 12.0 Å². The van der Waals surface area contributed by atoms with Crippen molar-refractivity contribution < 1.29 is 4.74 Å². The molecule has 3 heteroatoms. The number of benzene rings is 2. The number of rotatable bonds is 4. The number of hydrogen-bond acceptors (Lipinski definition) is 2. The largest absolute Gasteiger partial charge is 0.495 e. The van der Waals surface area contributed by atoms with Crippen molar-refractivity contribution in [3.05, 3.63) is 58.1 Å². The third kappa shape index (κ3) is 3.08. The van der Waals surface area contributed by atoms with E-state index < -0.39 is 0 Å². The molecule has 0 radical (unpaired) electrons. The van der Waals surface area contributed by atoms with Crippen LogP contribution in [0.4, 0.5) is 5.69 Å². The fraction of sp³-hybridized carbons (Fsp3) is 0.333. The van der Waals surface area contributed by atoms with Crippen molar-refractivity contribution in [1.29, 1.82) is 0 Å². The summed E-state index contributed by atoms with van der Waals surface area (Å²) in [5, 5.41) is 3.60. The van der Waals surface area contributed by atoms with E-state index in [1.54, 1.807) is 7.11 Å². The summed E-state index contributed by atoms with van der Waals surface area (Å²) >= 11 is 3.48. The molecule has 1 fully saturated rings. The summed E-state index contributed by atoms with van der Waals surface area (Å²) in [6.07, 6.45) is 2.40. The van der Waals surface area contributed by atoms with Crippen molar-refractivity contribution in [2.24, 2.45) is 0 Å². The average Bonchev–Trinajstić information content (AvgIpc) is 2.45. The molecule has 0 atom stereocenters. The summed E-state index contributed by atoms with van der Waals surface area (Å²) in [4.78, 5) is 0. The summed E-state index contributed by atoms with van der Waals surface area (Å²) in [5.41, 5.74) is 4.04. The van der Waals surface area contributed by atoms with Crippen molar-refractivity contribution >= 4 is 21.6 Å². The molecule has 0 unspecified atom stereocenters. The van der Waals surface area contributed by atoms with E-state index >= 15 is 0 Å². The topological polar surface area (TPSA) is 21.3 Å².